The van der Waals surface area contributed by atoms with E-state index in [4.69, 9.17) is 11.6 Å². The molecule has 2 aromatic rings. The number of rotatable bonds is 4. The van der Waals surface area contributed by atoms with Crippen LogP contribution in [0.5, 0.6) is 0 Å². The molecule has 0 radical (unpaired) electrons. The van der Waals surface area contributed by atoms with Crippen LogP contribution in [0.2, 0.25) is 5.15 Å². The summed E-state index contributed by atoms with van der Waals surface area (Å²) < 4.78 is 39.6. The molecule has 0 aromatic carbocycles. The summed E-state index contributed by atoms with van der Waals surface area (Å²) in [6, 6.07) is 3.38. The number of pyridine rings is 1. The number of aromatic nitrogens is 3. The van der Waals surface area contributed by atoms with Gasteiger partial charge in [-0.3, -0.25) is 14.7 Å². The molecule has 1 fully saturated rings. The molecule has 1 saturated carbocycles. The van der Waals surface area contributed by atoms with Crippen molar-refractivity contribution in [2.24, 2.45) is 5.92 Å². The zero-order valence-corrected chi connectivity index (χ0v) is 13.7. The number of amides is 1. The van der Waals surface area contributed by atoms with Crippen molar-refractivity contribution in [3.8, 4) is 0 Å². The average Bonchev–Trinajstić information content (AvgIpc) is 2.74. The third kappa shape index (κ3) is 3.33. The van der Waals surface area contributed by atoms with E-state index in [9.17, 15) is 18.0 Å². The normalized spacial score (nSPS) is 16.9. The zero-order chi connectivity index (χ0) is 17.5. The molecule has 0 bridgehead atoms. The van der Waals surface area contributed by atoms with Gasteiger partial charge in [-0.1, -0.05) is 18.5 Å². The Hall–Kier alpha value is -1.83. The maximum Gasteiger partial charge on any atom is 0.392 e. The minimum atomic E-state index is -4.40. The van der Waals surface area contributed by atoms with Gasteiger partial charge in [0, 0.05) is 12.5 Å². The van der Waals surface area contributed by atoms with E-state index in [1.807, 2.05) is 0 Å². The average molecular weight is 361 g/mol. The van der Waals surface area contributed by atoms with Gasteiger partial charge in [0.15, 0.2) is 5.65 Å². The van der Waals surface area contributed by atoms with E-state index in [2.05, 4.69) is 15.3 Å². The second kappa shape index (κ2) is 6.23. The van der Waals surface area contributed by atoms with Crippen LogP contribution in [0.1, 0.15) is 38.6 Å². The maximum absolute atomic E-state index is 12.6. The summed E-state index contributed by atoms with van der Waals surface area (Å²) in [5.74, 6) is -2.21. The van der Waals surface area contributed by atoms with Crippen LogP contribution in [0.15, 0.2) is 12.1 Å². The van der Waals surface area contributed by atoms with Gasteiger partial charge in [0.2, 0.25) is 11.9 Å². The summed E-state index contributed by atoms with van der Waals surface area (Å²) in [7, 11) is 0. The van der Waals surface area contributed by atoms with E-state index in [1.165, 1.54) is 0 Å². The Morgan fingerprint density at radius 3 is 2.71 bits per heavy atom. The highest BCUT2D eigenvalue weighted by Crippen LogP contribution is 2.37. The molecule has 5 nitrogen and oxygen atoms in total. The minimum absolute atomic E-state index is 0.122. The molecule has 1 amide bonds. The first-order chi connectivity index (χ1) is 11.3. The molecule has 1 aliphatic carbocycles. The Morgan fingerprint density at radius 1 is 1.42 bits per heavy atom. The fourth-order valence-electron chi connectivity index (χ4n) is 2.60. The molecule has 0 saturated heterocycles. The van der Waals surface area contributed by atoms with Gasteiger partial charge in [-0.05, 0) is 31.4 Å². The predicted octanol–water partition coefficient (Wildman–Crippen LogP) is 4.34. The van der Waals surface area contributed by atoms with Crippen molar-refractivity contribution in [1.29, 1.82) is 0 Å². The number of nitrogens with zero attached hydrogens (tertiary/aromatic N) is 3. The molecule has 0 aliphatic heterocycles. The lowest BCUT2D eigenvalue weighted by molar-refractivity contribution is -0.173. The van der Waals surface area contributed by atoms with Gasteiger partial charge < -0.3 is 0 Å². The molecule has 0 spiro atoms. The van der Waals surface area contributed by atoms with E-state index in [1.54, 1.807) is 16.7 Å². The lowest BCUT2D eigenvalue weighted by Gasteiger charge is -2.28. The first-order valence-corrected chi connectivity index (χ1v) is 8.04. The molecule has 2 aromatic heterocycles. The van der Waals surface area contributed by atoms with Crippen LogP contribution in [0.25, 0.3) is 11.2 Å². The molecule has 2 heterocycles. The predicted molar refractivity (Wildman–Crippen MR) is 83.9 cm³/mol. The molecule has 1 N–H and O–H groups in total. The molecule has 1 atom stereocenters. The highest BCUT2D eigenvalue weighted by Gasteiger charge is 2.37. The van der Waals surface area contributed by atoms with Crippen molar-refractivity contribution in [2.45, 2.75) is 44.8 Å². The second-order valence-corrected chi connectivity index (χ2v) is 6.45. The fourth-order valence-corrected chi connectivity index (χ4v) is 2.74. The van der Waals surface area contributed by atoms with Crippen molar-refractivity contribution in [1.82, 2.24) is 14.5 Å². The van der Waals surface area contributed by atoms with E-state index < -0.39 is 24.4 Å². The smallest absolute Gasteiger partial charge is 0.296 e. The van der Waals surface area contributed by atoms with Crippen LogP contribution in [-0.2, 0) is 4.79 Å². The van der Waals surface area contributed by atoms with E-state index in [0.29, 0.717) is 16.3 Å². The molecule has 3 rings (SSSR count). The van der Waals surface area contributed by atoms with E-state index >= 15 is 0 Å². The van der Waals surface area contributed by atoms with Crippen molar-refractivity contribution in [3.05, 3.63) is 17.3 Å². The molecule has 9 heteroatoms. The summed E-state index contributed by atoms with van der Waals surface area (Å²) in [6.07, 6.45) is -2.20. The van der Waals surface area contributed by atoms with Gasteiger partial charge in [0.25, 0.3) is 0 Å². The molecular weight excluding hydrogens is 345 g/mol. The quantitative estimate of drug-likeness (QED) is 0.825. The standard InChI is InChI=1S/C15H16ClF3N4O/c1-8(15(17,18)19)7-12(24)22-14-20-10-5-6-11(16)21-13(10)23(14)9-3-2-4-9/h5-6,8-9H,2-4,7H2,1H3,(H,20,22,24). The number of hydrogen-bond donors (Lipinski definition) is 1. The molecular formula is C15H16ClF3N4O. The largest absolute Gasteiger partial charge is 0.392 e. The molecule has 1 unspecified atom stereocenters. The number of hydrogen-bond acceptors (Lipinski definition) is 3. The third-order valence-electron chi connectivity index (χ3n) is 4.24. The number of carbonyl (C=O) groups excluding carboxylic acids is 1. The highest BCUT2D eigenvalue weighted by molar-refractivity contribution is 6.29. The lowest BCUT2D eigenvalue weighted by atomic mass is 9.93. The summed E-state index contributed by atoms with van der Waals surface area (Å²) in [4.78, 5) is 20.5. The Morgan fingerprint density at radius 2 is 2.12 bits per heavy atom. The van der Waals surface area contributed by atoms with Gasteiger partial charge >= 0.3 is 6.18 Å². The molecule has 1 aliphatic rings. The Bertz CT molecular complexity index is 770. The van der Waals surface area contributed by atoms with Crippen LogP contribution < -0.4 is 5.32 Å². The van der Waals surface area contributed by atoms with Gasteiger partial charge in [-0.2, -0.15) is 13.2 Å². The van der Waals surface area contributed by atoms with Crippen LogP contribution in [0, 0.1) is 5.92 Å². The second-order valence-electron chi connectivity index (χ2n) is 6.06. The number of halogens is 4. The first-order valence-electron chi connectivity index (χ1n) is 7.66. The van der Waals surface area contributed by atoms with Gasteiger partial charge in [-0.25, -0.2) is 9.97 Å². The van der Waals surface area contributed by atoms with Crippen LogP contribution in [0.3, 0.4) is 0 Å². The SMILES string of the molecule is CC(CC(=O)Nc1nc2ccc(Cl)nc2n1C1CCC1)C(F)(F)F. The van der Waals surface area contributed by atoms with E-state index in [-0.39, 0.29) is 12.0 Å². The first kappa shape index (κ1) is 17.0. The number of carbonyl (C=O) groups is 1. The Kier molecular flexibility index (Phi) is 4.42. The van der Waals surface area contributed by atoms with E-state index in [0.717, 1.165) is 26.2 Å². The lowest BCUT2D eigenvalue weighted by Crippen LogP contribution is -2.27. The van der Waals surface area contributed by atoms with Gasteiger partial charge in [-0.15, -0.1) is 0 Å². The molecule has 130 valence electrons. The van der Waals surface area contributed by atoms with Crippen LogP contribution >= 0.6 is 11.6 Å². The number of imidazole rings is 1. The summed E-state index contributed by atoms with van der Waals surface area (Å²) in [5, 5.41) is 2.80. The number of nitrogens with one attached hydrogen (secondary N) is 1. The summed E-state index contributed by atoms with van der Waals surface area (Å²) >= 11 is 5.93. The number of alkyl halides is 3. The van der Waals surface area contributed by atoms with Crippen LogP contribution in [-0.4, -0.2) is 26.6 Å². The fraction of sp³-hybridized carbons (Fsp3) is 0.533. The Labute approximate surface area is 141 Å². The number of fused-ring (bicyclic) bond motifs is 1. The summed E-state index contributed by atoms with van der Waals surface area (Å²) in [5.41, 5.74) is 1.08. The minimum Gasteiger partial charge on any atom is -0.296 e. The highest BCUT2D eigenvalue weighted by atomic mass is 35.5. The zero-order valence-electron chi connectivity index (χ0n) is 12.9. The van der Waals surface area contributed by atoms with Crippen molar-refractivity contribution in [2.75, 3.05) is 5.32 Å². The van der Waals surface area contributed by atoms with Gasteiger partial charge in [0.05, 0.1) is 5.92 Å². The third-order valence-corrected chi connectivity index (χ3v) is 4.46. The number of anilines is 1. The topological polar surface area (TPSA) is 59.8 Å². The van der Waals surface area contributed by atoms with Crippen LogP contribution in [0.4, 0.5) is 19.1 Å². The summed E-state index contributed by atoms with van der Waals surface area (Å²) in [6.45, 7) is 0.982. The van der Waals surface area contributed by atoms with Crippen molar-refractivity contribution in [3.63, 3.8) is 0 Å². The maximum atomic E-state index is 12.6. The van der Waals surface area contributed by atoms with Gasteiger partial charge in [0.1, 0.15) is 10.7 Å². The monoisotopic (exact) mass is 360 g/mol. The Balaban J connectivity index is 1.87. The van der Waals surface area contributed by atoms with Crippen molar-refractivity contribution >= 4 is 34.6 Å². The van der Waals surface area contributed by atoms with Crippen molar-refractivity contribution < 1.29 is 18.0 Å². The molecule has 24 heavy (non-hydrogen) atoms.